The summed E-state index contributed by atoms with van der Waals surface area (Å²) in [7, 11) is 0. The average Bonchev–Trinajstić information content (AvgIpc) is 2.28. The van der Waals surface area contributed by atoms with E-state index in [0.29, 0.717) is 0 Å². The van der Waals surface area contributed by atoms with Crippen LogP contribution in [0.3, 0.4) is 0 Å². The summed E-state index contributed by atoms with van der Waals surface area (Å²) in [4.78, 5) is 0. The normalized spacial score (nSPS) is 13.5. The smallest absolute Gasteiger partial charge is 0.390 e. The predicted molar refractivity (Wildman–Crippen MR) is 61.4 cm³/mol. The maximum absolute atomic E-state index is 13.2. The maximum Gasteiger partial charge on any atom is 0.418 e. The Morgan fingerprint density at radius 2 is 2.00 bits per heavy atom. The van der Waals surface area contributed by atoms with Crippen LogP contribution in [-0.2, 0) is 6.18 Å². The zero-order valence-corrected chi connectivity index (χ0v) is 10.2. The van der Waals surface area contributed by atoms with Gasteiger partial charge in [0.05, 0.1) is 17.5 Å². The summed E-state index contributed by atoms with van der Waals surface area (Å²) in [5.74, 6) is -1.03. The Hall–Kier alpha value is -1.01. The van der Waals surface area contributed by atoms with Gasteiger partial charge in [0.25, 0.3) is 0 Å². The number of hydrogen-bond acceptors (Lipinski definition) is 2. The number of benzene rings is 1. The highest BCUT2D eigenvalue weighted by Crippen LogP contribution is 2.38. The summed E-state index contributed by atoms with van der Waals surface area (Å²) in [6.07, 6.45) is -5.64. The summed E-state index contributed by atoms with van der Waals surface area (Å²) in [5.41, 5.74) is -1.82. The Morgan fingerprint density at radius 3 is 2.50 bits per heavy atom. The molecule has 0 aliphatic carbocycles. The van der Waals surface area contributed by atoms with E-state index in [9.17, 15) is 22.7 Å². The number of alkyl halides is 4. The van der Waals surface area contributed by atoms with Crippen LogP contribution < -0.4 is 5.32 Å². The molecule has 0 saturated carbocycles. The Kier molecular flexibility index (Phi) is 4.81. The molecule has 0 aliphatic heterocycles. The van der Waals surface area contributed by atoms with Crippen molar-refractivity contribution in [1.29, 1.82) is 0 Å². The van der Waals surface area contributed by atoms with Gasteiger partial charge in [0.15, 0.2) is 0 Å². The van der Waals surface area contributed by atoms with Crippen molar-refractivity contribution in [3.63, 3.8) is 0 Å². The van der Waals surface area contributed by atoms with E-state index in [1.807, 2.05) is 0 Å². The lowest BCUT2D eigenvalue weighted by Gasteiger charge is -2.18. The van der Waals surface area contributed by atoms with Crippen LogP contribution in [0.1, 0.15) is 11.1 Å². The molecule has 0 radical (unpaired) electrons. The number of halogens is 5. The first-order chi connectivity index (χ1) is 8.27. The summed E-state index contributed by atoms with van der Waals surface area (Å²) in [6.45, 7) is 0.916. The van der Waals surface area contributed by atoms with Crippen molar-refractivity contribution in [2.45, 2.75) is 19.2 Å². The van der Waals surface area contributed by atoms with Crippen molar-refractivity contribution in [2.24, 2.45) is 0 Å². The lowest BCUT2D eigenvalue weighted by Crippen LogP contribution is -2.23. The van der Waals surface area contributed by atoms with Crippen LogP contribution in [0.25, 0.3) is 0 Å². The van der Waals surface area contributed by atoms with Gasteiger partial charge in [-0.05, 0) is 24.6 Å². The molecule has 0 bridgehead atoms. The molecule has 1 unspecified atom stereocenters. The van der Waals surface area contributed by atoms with Gasteiger partial charge in [-0.25, -0.2) is 4.39 Å². The van der Waals surface area contributed by atoms with Gasteiger partial charge in [-0.3, -0.25) is 0 Å². The first-order valence-corrected chi connectivity index (χ1v) is 5.65. The second-order valence-electron chi connectivity index (χ2n) is 3.78. The van der Waals surface area contributed by atoms with E-state index in [1.165, 1.54) is 0 Å². The molecule has 0 fully saturated rings. The number of aliphatic hydroxyl groups excluding tert-OH is 1. The standard InChI is InChI=1S/C11H12ClF4NO/c1-6-8(13)2-3-9(10(6)11(14,15)16)17-5-7(18)4-12/h2-3,7,17-18H,4-5H2,1H3. The van der Waals surface area contributed by atoms with Gasteiger partial charge in [-0.1, -0.05) is 0 Å². The van der Waals surface area contributed by atoms with Crippen LogP contribution in [0.2, 0.25) is 0 Å². The second-order valence-corrected chi connectivity index (χ2v) is 4.09. The molecule has 102 valence electrons. The molecule has 1 aromatic rings. The first kappa shape index (κ1) is 15.0. The molecule has 0 spiro atoms. The Labute approximate surface area is 107 Å². The fourth-order valence-electron chi connectivity index (χ4n) is 1.48. The van der Waals surface area contributed by atoms with Gasteiger partial charge < -0.3 is 10.4 Å². The van der Waals surface area contributed by atoms with Crippen LogP contribution in [0.15, 0.2) is 12.1 Å². The summed E-state index contributed by atoms with van der Waals surface area (Å²) in [5, 5.41) is 11.6. The van der Waals surface area contributed by atoms with Crippen LogP contribution in [0.4, 0.5) is 23.2 Å². The molecule has 0 amide bonds. The highest BCUT2D eigenvalue weighted by atomic mass is 35.5. The molecule has 1 aromatic carbocycles. The topological polar surface area (TPSA) is 32.3 Å². The van der Waals surface area contributed by atoms with E-state index in [1.54, 1.807) is 0 Å². The first-order valence-electron chi connectivity index (χ1n) is 5.11. The van der Waals surface area contributed by atoms with Crippen molar-refractivity contribution in [1.82, 2.24) is 0 Å². The third kappa shape index (κ3) is 3.49. The Balaban J connectivity index is 3.08. The van der Waals surface area contributed by atoms with E-state index in [0.717, 1.165) is 19.1 Å². The summed E-state index contributed by atoms with van der Waals surface area (Å²) >= 11 is 5.33. The number of hydrogen-bond donors (Lipinski definition) is 2. The third-order valence-electron chi connectivity index (χ3n) is 2.39. The molecule has 18 heavy (non-hydrogen) atoms. The quantitative estimate of drug-likeness (QED) is 0.658. The predicted octanol–water partition coefficient (Wildman–Crippen LogP) is 3.16. The van der Waals surface area contributed by atoms with E-state index in [-0.39, 0.29) is 18.1 Å². The van der Waals surface area contributed by atoms with Crippen molar-refractivity contribution in [3.8, 4) is 0 Å². The molecule has 1 atom stereocenters. The summed E-state index contributed by atoms with van der Waals surface area (Å²) in [6, 6.07) is 1.94. The van der Waals surface area contributed by atoms with E-state index >= 15 is 0 Å². The fourth-order valence-corrected chi connectivity index (χ4v) is 1.59. The van der Waals surface area contributed by atoms with Gasteiger partial charge in [0, 0.05) is 12.2 Å². The van der Waals surface area contributed by atoms with Crippen LogP contribution in [-0.4, -0.2) is 23.6 Å². The largest absolute Gasteiger partial charge is 0.418 e. The molecular formula is C11H12ClF4NO. The lowest BCUT2D eigenvalue weighted by atomic mass is 10.1. The van der Waals surface area contributed by atoms with Crippen molar-refractivity contribution in [2.75, 3.05) is 17.7 Å². The van der Waals surface area contributed by atoms with Gasteiger partial charge in [0.1, 0.15) is 5.82 Å². The van der Waals surface area contributed by atoms with E-state index in [4.69, 9.17) is 11.6 Å². The minimum Gasteiger partial charge on any atom is -0.390 e. The number of nitrogens with one attached hydrogen (secondary N) is 1. The summed E-state index contributed by atoms with van der Waals surface area (Å²) < 4.78 is 51.6. The van der Waals surface area contributed by atoms with Crippen molar-refractivity contribution < 1.29 is 22.7 Å². The fraction of sp³-hybridized carbons (Fsp3) is 0.455. The monoisotopic (exact) mass is 285 g/mol. The molecule has 0 aromatic heterocycles. The third-order valence-corrected chi connectivity index (χ3v) is 2.74. The highest BCUT2D eigenvalue weighted by Gasteiger charge is 2.36. The average molecular weight is 286 g/mol. The number of anilines is 1. The van der Waals surface area contributed by atoms with E-state index < -0.39 is 29.2 Å². The molecule has 0 aliphatic rings. The zero-order valence-electron chi connectivity index (χ0n) is 9.48. The van der Waals surface area contributed by atoms with Crippen LogP contribution in [0.5, 0.6) is 0 Å². The Bertz CT molecular complexity index is 422. The minimum absolute atomic E-state index is 0.103. The molecule has 2 N–H and O–H groups in total. The van der Waals surface area contributed by atoms with Crippen molar-refractivity contribution in [3.05, 3.63) is 29.1 Å². The SMILES string of the molecule is Cc1c(F)ccc(NCC(O)CCl)c1C(F)(F)F. The molecule has 1 rings (SSSR count). The van der Waals surface area contributed by atoms with Gasteiger partial charge in [0.2, 0.25) is 0 Å². The Morgan fingerprint density at radius 1 is 1.39 bits per heavy atom. The van der Waals surface area contributed by atoms with E-state index in [2.05, 4.69) is 5.32 Å². The van der Waals surface area contributed by atoms with Gasteiger partial charge >= 0.3 is 6.18 Å². The maximum atomic E-state index is 13.2. The van der Waals surface area contributed by atoms with Crippen LogP contribution >= 0.6 is 11.6 Å². The molecular weight excluding hydrogens is 274 g/mol. The second kappa shape index (κ2) is 5.75. The van der Waals surface area contributed by atoms with Crippen molar-refractivity contribution >= 4 is 17.3 Å². The van der Waals surface area contributed by atoms with Gasteiger partial charge in [-0.2, -0.15) is 13.2 Å². The zero-order chi connectivity index (χ0) is 13.9. The minimum atomic E-state index is -4.67. The van der Waals surface area contributed by atoms with Crippen LogP contribution in [0, 0.1) is 12.7 Å². The highest BCUT2D eigenvalue weighted by molar-refractivity contribution is 6.18. The molecule has 0 saturated heterocycles. The number of rotatable bonds is 4. The molecule has 2 nitrogen and oxygen atoms in total. The molecule has 0 heterocycles. The number of aliphatic hydroxyl groups is 1. The molecule has 7 heteroatoms. The lowest BCUT2D eigenvalue weighted by molar-refractivity contribution is -0.137. The van der Waals surface area contributed by atoms with Gasteiger partial charge in [-0.15, -0.1) is 11.6 Å².